The number of alkyl carbamates (subject to hydrolysis) is 1. The molecule has 1 atom stereocenters. The lowest BCUT2D eigenvalue weighted by Crippen LogP contribution is -2.38. The van der Waals surface area contributed by atoms with Gasteiger partial charge < -0.3 is 10.1 Å². The first-order chi connectivity index (χ1) is 5.97. The lowest BCUT2D eigenvalue weighted by atomic mass is 10.2. The Morgan fingerprint density at radius 2 is 2.31 bits per heavy atom. The lowest BCUT2D eigenvalue weighted by Gasteiger charge is -2.20. The number of nitrogens with one attached hydrogen (secondary N) is 1. The Balaban J connectivity index is 2.29. The Labute approximate surface area is 78.4 Å². The number of hydrogen-bond acceptors (Lipinski definition) is 3. The number of rotatable bonds is 1. The molecule has 1 N–H and O–H groups in total. The van der Waals surface area contributed by atoms with E-state index in [2.05, 4.69) is 10.3 Å². The van der Waals surface area contributed by atoms with Crippen molar-refractivity contribution in [1.82, 2.24) is 5.32 Å². The normalized spacial score (nSPS) is 21.6. The van der Waals surface area contributed by atoms with Crippen LogP contribution in [0.1, 0.15) is 27.2 Å². The fourth-order valence-electron chi connectivity index (χ4n) is 1.06. The smallest absolute Gasteiger partial charge is 0.408 e. The highest BCUT2D eigenvalue weighted by atomic mass is 16.6. The van der Waals surface area contributed by atoms with E-state index >= 15 is 0 Å². The number of carbonyl (C=O) groups excluding carboxylic acids is 1. The summed E-state index contributed by atoms with van der Waals surface area (Å²) in [6.45, 7) is 6.32. The van der Waals surface area contributed by atoms with Crippen molar-refractivity contribution in [3.05, 3.63) is 0 Å². The summed E-state index contributed by atoms with van der Waals surface area (Å²) >= 11 is 0. The third kappa shape index (κ3) is 3.92. The van der Waals surface area contributed by atoms with E-state index in [0.29, 0.717) is 0 Å². The van der Waals surface area contributed by atoms with Crippen molar-refractivity contribution in [2.45, 2.75) is 38.8 Å². The van der Waals surface area contributed by atoms with Crippen molar-refractivity contribution >= 4 is 12.3 Å². The first kappa shape index (κ1) is 10.0. The SMILES string of the molecule is CC(C)(C)OC(=O)NC1C=NCC1. The third-order valence-corrected chi connectivity index (χ3v) is 1.56. The highest BCUT2D eigenvalue weighted by Crippen LogP contribution is 2.07. The first-order valence-corrected chi connectivity index (χ1v) is 4.47. The first-order valence-electron chi connectivity index (χ1n) is 4.47. The zero-order chi connectivity index (χ0) is 9.90. The quantitative estimate of drug-likeness (QED) is 0.668. The molecule has 13 heavy (non-hydrogen) atoms. The van der Waals surface area contributed by atoms with Gasteiger partial charge in [0.25, 0.3) is 0 Å². The van der Waals surface area contributed by atoms with Crippen LogP contribution in [0.5, 0.6) is 0 Å². The van der Waals surface area contributed by atoms with Gasteiger partial charge in [0.05, 0.1) is 6.04 Å². The maximum absolute atomic E-state index is 11.2. The summed E-state index contributed by atoms with van der Waals surface area (Å²) in [4.78, 5) is 15.2. The van der Waals surface area contributed by atoms with Gasteiger partial charge >= 0.3 is 6.09 Å². The van der Waals surface area contributed by atoms with Crippen LogP contribution in [0.15, 0.2) is 4.99 Å². The molecule has 0 aliphatic carbocycles. The number of amides is 1. The molecular weight excluding hydrogens is 168 g/mol. The Hall–Kier alpha value is -1.06. The van der Waals surface area contributed by atoms with E-state index in [1.165, 1.54) is 0 Å². The van der Waals surface area contributed by atoms with E-state index in [1.54, 1.807) is 6.21 Å². The molecule has 0 fully saturated rings. The Morgan fingerprint density at radius 3 is 2.77 bits per heavy atom. The molecule has 1 unspecified atom stereocenters. The second-order valence-electron chi connectivity index (χ2n) is 4.10. The topological polar surface area (TPSA) is 50.7 Å². The maximum atomic E-state index is 11.2. The molecule has 1 rings (SSSR count). The van der Waals surface area contributed by atoms with Gasteiger partial charge in [-0.25, -0.2) is 4.79 Å². The number of carbonyl (C=O) groups is 1. The summed E-state index contributed by atoms with van der Waals surface area (Å²) < 4.78 is 5.09. The van der Waals surface area contributed by atoms with Crippen LogP contribution in [0.4, 0.5) is 4.79 Å². The average molecular weight is 184 g/mol. The summed E-state index contributed by atoms with van der Waals surface area (Å²) in [6.07, 6.45) is 2.26. The van der Waals surface area contributed by atoms with Crippen LogP contribution in [0.3, 0.4) is 0 Å². The number of aliphatic imine (C=N–C) groups is 1. The molecule has 1 amide bonds. The van der Waals surface area contributed by atoms with Crippen LogP contribution in [-0.2, 0) is 4.74 Å². The predicted molar refractivity (Wildman–Crippen MR) is 51.1 cm³/mol. The Kier molecular flexibility index (Phi) is 2.90. The molecule has 0 aromatic carbocycles. The Morgan fingerprint density at radius 1 is 1.62 bits per heavy atom. The van der Waals surface area contributed by atoms with Crippen molar-refractivity contribution in [3.63, 3.8) is 0 Å². The number of ether oxygens (including phenoxy) is 1. The van der Waals surface area contributed by atoms with Crippen LogP contribution in [0, 0.1) is 0 Å². The minimum absolute atomic E-state index is 0.0508. The molecule has 0 saturated carbocycles. The second kappa shape index (κ2) is 3.77. The molecular formula is C9H16N2O2. The molecule has 4 heteroatoms. The van der Waals surface area contributed by atoms with E-state index in [-0.39, 0.29) is 12.1 Å². The molecule has 74 valence electrons. The summed E-state index contributed by atoms with van der Waals surface area (Å²) in [5.41, 5.74) is -0.431. The molecule has 1 aliphatic heterocycles. The van der Waals surface area contributed by atoms with Gasteiger partial charge in [-0.1, -0.05) is 0 Å². The molecule has 0 radical (unpaired) electrons. The fourth-order valence-corrected chi connectivity index (χ4v) is 1.06. The molecule has 0 spiro atoms. The highest BCUT2D eigenvalue weighted by molar-refractivity contribution is 5.76. The van der Waals surface area contributed by atoms with E-state index < -0.39 is 5.60 Å². The molecule has 4 nitrogen and oxygen atoms in total. The molecule has 0 bridgehead atoms. The Bertz CT molecular complexity index is 218. The van der Waals surface area contributed by atoms with Gasteiger partial charge in [0.15, 0.2) is 0 Å². The van der Waals surface area contributed by atoms with E-state index in [1.807, 2.05) is 20.8 Å². The van der Waals surface area contributed by atoms with Gasteiger partial charge in [-0.2, -0.15) is 0 Å². The summed E-state index contributed by atoms with van der Waals surface area (Å²) in [5.74, 6) is 0. The predicted octanol–water partition coefficient (Wildman–Crippen LogP) is 1.35. The largest absolute Gasteiger partial charge is 0.444 e. The van der Waals surface area contributed by atoms with Crippen molar-refractivity contribution in [3.8, 4) is 0 Å². The zero-order valence-corrected chi connectivity index (χ0v) is 8.33. The fraction of sp³-hybridized carbons (Fsp3) is 0.778. The van der Waals surface area contributed by atoms with Gasteiger partial charge in [0.1, 0.15) is 5.60 Å². The van der Waals surface area contributed by atoms with Crippen LogP contribution in [-0.4, -0.2) is 30.5 Å². The van der Waals surface area contributed by atoms with Crippen LogP contribution >= 0.6 is 0 Å². The highest BCUT2D eigenvalue weighted by Gasteiger charge is 2.19. The average Bonchev–Trinajstić information content (AvgIpc) is 2.34. The third-order valence-electron chi connectivity index (χ3n) is 1.56. The van der Waals surface area contributed by atoms with Crippen LogP contribution < -0.4 is 5.32 Å². The number of hydrogen-bond donors (Lipinski definition) is 1. The van der Waals surface area contributed by atoms with E-state index in [9.17, 15) is 4.79 Å². The molecule has 1 aliphatic rings. The van der Waals surface area contributed by atoms with Gasteiger partial charge in [-0.3, -0.25) is 4.99 Å². The monoisotopic (exact) mass is 184 g/mol. The lowest BCUT2D eigenvalue weighted by molar-refractivity contribution is 0.0519. The van der Waals surface area contributed by atoms with Crippen LogP contribution in [0.2, 0.25) is 0 Å². The standard InChI is InChI=1S/C9H16N2O2/c1-9(2,3)13-8(12)11-7-4-5-10-6-7/h6-7H,4-5H2,1-3H3,(H,11,12). The van der Waals surface area contributed by atoms with Crippen molar-refractivity contribution in [2.24, 2.45) is 4.99 Å². The van der Waals surface area contributed by atoms with E-state index in [0.717, 1.165) is 13.0 Å². The molecule has 0 saturated heterocycles. The second-order valence-corrected chi connectivity index (χ2v) is 4.10. The van der Waals surface area contributed by atoms with Gasteiger partial charge in [-0.15, -0.1) is 0 Å². The van der Waals surface area contributed by atoms with Gasteiger partial charge in [-0.05, 0) is 27.2 Å². The molecule has 0 aromatic heterocycles. The van der Waals surface area contributed by atoms with Gasteiger partial charge in [0, 0.05) is 12.8 Å². The molecule has 0 aromatic rings. The van der Waals surface area contributed by atoms with Crippen molar-refractivity contribution < 1.29 is 9.53 Å². The minimum Gasteiger partial charge on any atom is -0.444 e. The van der Waals surface area contributed by atoms with E-state index in [4.69, 9.17) is 4.74 Å². The van der Waals surface area contributed by atoms with Crippen molar-refractivity contribution in [2.75, 3.05) is 6.54 Å². The number of nitrogens with zero attached hydrogens (tertiary/aromatic N) is 1. The zero-order valence-electron chi connectivity index (χ0n) is 8.33. The minimum atomic E-state index is -0.431. The van der Waals surface area contributed by atoms with Crippen molar-refractivity contribution in [1.29, 1.82) is 0 Å². The van der Waals surface area contributed by atoms with Gasteiger partial charge in [0.2, 0.25) is 0 Å². The van der Waals surface area contributed by atoms with Crippen LogP contribution in [0.25, 0.3) is 0 Å². The maximum Gasteiger partial charge on any atom is 0.408 e. The summed E-state index contributed by atoms with van der Waals surface area (Å²) in [5, 5.41) is 2.72. The molecule has 1 heterocycles. The summed E-state index contributed by atoms with van der Waals surface area (Å²) in [7, 11) is 0. The summed E-state index contributed by atoms with van der Waals surface area (Å²) in [6, 6.07) is 0.0508.